The number of para-hydroxylation sites is 1. The Morgan fingerprint density at radius 2 is 1.07 bits per heavy atom. The van der Waals surface area contributed by atoms with Gasteiger partial charge in [0.2, 0.25) is 0 Å². The van der Waals surface area contributed by atoms with Crippen LogP contribution in [0, 0.1) is 0 Å². The minimum atomic E-state index is -1.18. The second kappa shape index (κ2) is 10.2. The third-order valence-corrected chi connectivity index (χ3v) is 7.13. The van der Waals surface area contributed by atoms with Gasteiger partial charge in [-0.25, -0.2) is 4.79 Å². The fourth-order valence-electron chi connectivity index (χ4n) is 2.98. The first-order chi connectivity index (χ1) is 14.6. The molecule has 0 aromatic heterocycles. The van der Waals surface area contributed by atoms with Gasteiger partial charge in [-0.3, -0.25) is 0 Å². The minimum Gasteiger partial charge on any atom is -0.872 e. The lowest BCUT2D eigenvalue weighted by Crippen LogP contribution is -2.20. The number of carboxylic acids is 1. The Labute approximate surface area is 176 Å². The zero-order valence-corrected chi connectivity index (χ0v) is 17.1. The summed E-state index contributed by atoms with van der Waals surface area (Å²) in [5.74, 6) is -1.31. The van der Waals surface area contributed by atoms with Crippen LogP contribution in [0.4, 0.5) is 0 Å². The molecule has 0 aliphatic carbocycles. The van der Waals surface area contributed by atoms with E-state index in [1.807, 2.05) is 24.3 Å². The van der Waals surface area contributed by atoms with E-state index in [4.69, 9.17) is 5.11 Å². The van der Waals surface area contributed by atoms with Crippen LogP contribution < -0.4 is 21.0 Å². The van der Waals surface area contributed by atoms with E-state index in [1.54, 1.807) is 12.1 Å². The van der Waals surface area contributed by atoms with Crippen LogP contribution in [0.5, 0.6) is 11.5 Å². The molecule has 2 N–H and O–H groups in total. The molecule has 0 radical (unpaired) electrons. The maximum Gasteiger partial charge on any atom is 0.335 e. The van der Waals surface area contributed by atoms with Crippen LogP contribution in [-0.4, -0.2) is 16.2 Å². The summed E-state index contributed by atoms with van der Waals surface area (Å²) in [4.78, 5) is 10.2. The maximum absolute atomic E-state index is 10.7. The molecule has 30 heavy (non-hydrogen) atoms. The van der Waals surface area contributed by atoms with Crippen molar-refractivity contribution in [1.82, 2.24) is 0 Å². The molecular weight excluding hydrogens is 395 g/mol. The highest BCUT2D eigenvalue weighted by atomic mass is 31.1. The molecule has 0 heterocycles. The Bertz CT molecular complexity index is 1040. The molecule has 0 fully saturated rings. The number of benzene rings is 4. The van der Waals surface area contributed by atoms with E-state index in [1.165, 1.54) is 40.2 Å². The number of carbonyl (C=O) groups is 1. The molecule has 0 unspecified atom stereocenters. The molecule has 5 heteroatoms. The molecular formula is C25H21O4P. The Morgan fingerprint density at radius 1 is 0.633 bits per heavy atom. The second-order valence-corrected chi connectivity index (χ2v) is 8.94. The number of phenolic OH excluding ortho intramolecular Hbond substituents is 1. The highest BCUT2D eigenvalue weighted by Crippen LogP contribution is 2.32. The van der Waals surface area contributed by atoms with Crippen LogP contribution in [0.15, 0.2) is 109 Å². The number of carboxylic acid groups (broad SMARTS) is 1. The van der Waals surface area contributed by atoms with Gasteiger partial charge in [-0.15, -0.1) is 0 Å². The summed E-state index contributed by atoms with van der Waals surface area (Å²) in [6, 6.07) is 34.3. The number of phenols is 1. The number of hydrogen-bond donors (Lipinski definition) is 2. The van der Waals surface area contributed by atoms with Crippen molar-refractivity contribution in [2.24, 2.45) is 0 Å². The topological polar surface area (TPSA) is 80.6 Å². The zero-order valence-electron chi connectivity index (χ0n) is 16.1. The van der Waals surface area contributed by atoms with Crippen molar-refractivity contribution in [3.8, 4) is 11.5 Å². The largest absolute Gasteiger partial charge is 0.872 e. The van der Waals surface area contributed by atoms with E-state index < -0.39 is 19.6 Å². The first-order valence-electron chi connectivity index (χ1n) is 9.33. The van der Waals surface area contributed by atoms with Gasteiger partial charge in [0.25, 0.3) is 0 Å². The Hall–Kier alpha value is -3.62. The van der Waals surface area contributed by atoms with E-state index >= 15 is 0 Å². The molecule has 0 spiro atoms. The average molecular weight is 416 g/mol. The van der Waals surface area contributed by atoms with Crippen LogP contribution in [0.3, 0.4) is 0 Å². The monoisotopic (exact) mass is 416 g/mol. The van der Waals surface area contributed by atoms with Crippen molar-refractivity contribution in [3.63, 3.8) is 0 Å². The van der Waals surface area contributed by atoms with Gasteiger partial charge in [0.1, 0.15) is 21.7 Å². The van der Waals surface area contributed by atoms with Crippen molar-refractivity contribution in [3.05, 3.63) is 115 Å². The van der Waals surface area contributed by atoms with E-state index in [9.17, 15) is 15.0 Å². The molecule has 0 saturated carbocycles. The molecule has 4 nitrogen and oxygen atoms in total. The quantitative estimate of drug-likeness (QED) is 0.500. The first kappa shape index (κ1) is 21.1. The molecule has 0 aliphatic rings. The molecule has 4 rings (SSSR count). The first-order valence-corrected chi connectivity index (χ1v) is 10.8. The van der Waals surface area contributed by atoms with Crippen molar-refractivity contribution >= 4 is 29.8 Å². The summed E-state index contributed by atoms with van der Waals surface area (Å²) in [5.41, 5.74) is -0.178. The summed E-state index contributed by atoms with van der Waals surface area (Å²) >= 11 is 0. The predicted octanol–water partition coefficient (Wildman–Crippen LogP) is 3.34. The van der Waals surface area contributed by atoms with Gasteiger partial charge in [0.15, 0.2) is 0 Å². The van der Waals surface area contributed by atoms with Crippen molar-refractivity contribution < 1.29 is 20.1 Å². The van der Waals surface area contributed by atoms with Crippen LogP contribution in [-0.2, 0) is 0 Å². The maximum atomic E-state index is 10.7. The van der Waals surface area contributed by atoms with Gasteiger partial charge in [0.05, 0.1) is 13.5 Å². The number of aromatic carboxylic acids is 1. The zero-order chi connectivity index (χ0) is 21.3. The van der Waals surface area contributed by atoms with E-state index in [0.29, 0.717) is 5.75 Å². The molecule has 0 bridgehead atoms. The summed E-state index contributed by atoms with van der Waals surface area (Å²) in [7, 11) is -1.00. The van der Waals surface area contributed by atoms with Gasteiger partial charge >= 0.3 is 5.97 Å². The summed E-state index contributed by atoms with van der Waals surface area (Å²) in [6.07, 6.45) is 0. The number of rotatable bonds is 4. The smallest absolute Gasteiger partial charge is 0.335 e. The molecule has 4 aromatic rings. The molecule has 150 valence electrons. The lowest BCUT2D eigenvalue weighted by atomic mass is 10.2. The Kier molecular flexibility index (Phi) is 7.20. The van der Waals surface area contributed by atoms with Crippen LogP contribution >= 0.6 is 7.92 Å². The van der Waals surface area contributed by atoms with Crippen LogP contribution in [0.25, 0.3) is 0 Å². The fourth-order valence-corrected chi connectivity index (χ4v) is 5.53. The highest BCUT2D eigenvalue weighted by molar-refractivity contribution is 7.79. The Balaban J connectivity index is 0.000000216. The average Bonchev–Trinajstić information content (AvgIpc) is 2.77. The summed E-state index contributed by atoms with van der Waals surface area (Å²) < 4.78 is 0. The third-order valence-electron chi connectivity index (χ3n) is 4.40. The van der Waals surface area contributed by atoms with Crippen molar-refractivity contribution in [2.75, 3.05) is 0 Å². The van der Waals surface area contributed by atoms with Gasteiger partial charge in [0, 0.05) is 0 Å². The lowest BCUT2D eigenvalue weighted by Gasteiger charge is -2.10. The number of hydrogen-bond acceptors (Lipinski definition) is 3. The second-order valence-electron chi connectivity index (χ2n) is 6.46. The molecule has 0 aliphatic heterocycles. The molecule has 0 atom stereocenters. The highest BCUT2D eigenvalue weighted by Gasteiger charge is 2.24. The Morgan fingerprint density at radius 3 is 1.50 bits per heavy atom. The van der Waals surface area contributed by atoms with Crippen molar-refractivity contribution in [2.45, 2.75) is 0 Å². The molecule has 0 amide bonds. The third kappa shape index (κ3) is 5.47. The van der Waals surface area contributed by atoms with Crippen molar-refractivity contribution in [1.29, 1.82) is 0 Å². The minimum absolute atomic E-state index is 0.178. The molecule has 0 saturated heterocycles. The normalized spacial score (nSPS) is 10.2. The van der Waals surface area contributed by atoms with Gasteiger partial charge in [-0.05, 0) is 54.6 Å². The standard InChI is InChI=1S/C18H15OP.C7H6O3/c19-15-11-13-18(14-12-15)20(16-7-3-1-4-8-16)17-9-5-2-6-10-17;8-6-4-2-1-3-5(6)7(9)10/h1-14,19H;1-4,8H,(H,9,10). The van der Waals surface area contributed by atoms with E-state index in [2.05, 4.69) is 48.5 Å². The van der Waals surface area contributed by atoms with E-state index in [-0.39, 0.29) is 5.56 Å². The SMILES string of the molecule is O=C(O)c1ccccc1[O-].Oc1ccc([PH+](c2ccccc2)c2ccccc2)cc1. The fraction of sp³-hybridized carbons (Fsp3) is 0. The van der Waals surface area contributed by atoms with Gasteiger partial charge in [-0.1, -0.05) is 60.3 Å². The molecule has 4 aromatic carbocycles. The van der Waals surface area contributed by atoms with Crippen LogP contribution in [0.2, 0.25) is 0 Å². The lowest BCUT2D eigenvalue weighted by molar-refractivity contribution is -0.268. The number of aromatic hydroxyl groups is 1. The van der Waals surface area contributed by atoms with E-state index in [0.717, 1.165) is 0 Å². The summed E-state index contributed by atoms with van der Waals surface area (Å²) in [5, 5.41) is 32.5. The predicted molar refractivity (Wildman–Crippen MR) is 121 cm³/mol. The van der Waals surface area contributed by atoms with Gasteiger partial charge in [-0.2, -0.15) is 0 Å². The van der Waals surface area contributed by atoms with Gasteiger partial charge < -0.3 is 15.3 Å². The van der Waals surface area contributed by atoms with Crippen LogP contribution in [0.1, 0.15) is 10.4 Å². The summed E-state index contributed by atoms with van der Waals surface area (Å²) in [6.45, 7) is 0.